The Balaban J connectivity index is 1.55. The predicted molar refractivity (Wildman–Crippen MR) is 91.7 cm³/mol. The van der Waals surface area contributed by atoms with Crippen LogP contribution in [0, 0.1) is 5.41 Å². The number of nitrogens with zero attached hydrogens (tertiary/aromatic N) is 1. The number of pyridine rings is 1. The molecule has 2 fully saturated rings. The van der Waals surface area contributed by atoms with Crippen molar-refractivity contribution in [2.45, 2.75) is 64.5 Å². The summed E-state index contributed by atoms with van der Waals surface area (Å²) in [5.41, 5.74) is 0.888. The largest absolute Gasteiger partial charge is 0.474 e. The van der Waals surface area contributed by atoms with Gasteiger partial charge in [-0.05, 0) is 30.9 Å². The third-order valence-corrected chi connectivity index (χ3v) is 5.43. The Kier molecular flexibility index (Phi) is 5.72. The van der Waals surface area contributed by atoms with E-state index in [9.17, 15) is 4.79 Å². The number of carbonyl (C=O) groups is 1. The molecule has 24 heavy (non-hydrogen) atoms. The van der Waals surface area contributed by atoms with Gasteiger partial charge in [0.15, 0.2) is 0 Å². The van der Waals surface area contributed by atoms with Gasteiger partial charge in [0.2, 0.25) is 11.8 Å². The Bertz CT molecular complexity index is 549. The molecule has 0 spiro atoms. The zero-order valence-electron chi connectivity index (χ0n) is 14.6. The van der Waals surface area contributed by atoms with Crippen molar-refractivity contribution >= 4 is 5.91 Å². The lowest BCUT2D eigenvalue weighted by atomic mass is 9.82. The molecule has 1 N–H and O–H groups in total. The summed E-state index contributed by atoms with van der Waals surface area (Å²) in [5, 5.41) is 3.12. The summed E-state index contributed by atoms with van der Waals surface area (Å²) in [6, 6.07) is 3.87. The van der Waals surface area contributed by atoms with Gasteiger partial charge in [0.1, 0.15) is 6.10 Å². The molecule has 2 aliphatic rings. The topological polar surface area (TPSA) is 60.5 Å². The summed E-state index contributed by atoms with van der Waals surface area (Å²) in [5.74, 6) is 0.839. The minimum atomic E-state index is -0.144. The van der Waals surface area contributed by atoms with E-state index >= 15 is 0 Å². The highest BCUT2D eigenvalue weighted by Crippen LogP contribution is 2.41. The SMILES string of the molecule is CCC1(C(=O)NCc2ccnc(OC3CCOCC3)c2)CCCC1. The van der Waals surface area contributed by atoms with Gasteiger partial charge in [-0.3, -0.25) is 4.79 Å². The summed E-state index contributed by atoms with van der Waals surface area (Å²) in [6.07, 6.45) is 9.03. The van der Waals surface area contributed by atoms with Crippen LogP contribution in [-0.4, -0.2) is 30.2 Å². The standard InChI is InChI=1S/C19H28N2O3/c1-2-19(8-3-4-9-19)18(22)21-14-15-5-10-20-17(13-15)24-16-6-11-23-12-7-16/h5,10,13,16H,2-4,6-9,11-12,14H2,1H3,(H,21,22). The van der Waals surface area contributed by atoms with E-state index in [0.29, 0.717) is 12.4 Å². The van der Waals surface area contributed by atoms with Gasteiger partial charge in [0.25, 0.3) is 0 Å². The van der Waals surface area contributed by atoms with E-state index in [0.717, 1.165) is 50.9 Å². The molecule has 132 valence electrons. The monoisotopic (exact) mass is 332 g/mol. The molecule has 1 aromatic heterocycles. The van der Waals surface area contributed by atoms with Gasteiger partial charge in [0, 0.05) is 37.1 Å². The van der Waals surface area contributed by atoms with Crippen molar-refractivity contribution in [1.82, 2.24) is 10.3 Å². The molecule has 5 nitrogen and oxygen atoms in total. The number of amides is 1. The van der Waals surface area contributed by atoms with E-state index in [1.807, 2.05) is 12.1 Å². The lowest BCUT2D eigenvalue weighted by Crippen LogP contribution is -2.38. The van der Waals surface area contributed by atoms with Gasteiger partial charge in [0.05, 0.1) is 13.2 Å². The maximum Gasteiger partial charge on any atom is 0.226 e. The van der Waals surface area contributed by atoms with Gasteiger partial charge >= 0.3 is 0 Å². The van der Waals surface area contributed by atoms with Crippen LogP contribution in [0.25, 0.3) is 0 Å². The van der Waals surface area contributed by atoms with E-state index in [4.69, 9.17) is 9.47 Å². The number of ether oxygens (including phenoxy) is 2. The molecule has 1 saturated heterocycles. The van der Waals surface area contributed by atoms with Crippen molar-refractivity contribution in [2.24, 2.45) is 5.41 Å². The van der Waals surface area contributed by atoms with Crippen LogP contribution < -0.4 is 10.1 Å². The van der Waals surface area contributed by atoms with E-state index in [2.05, 4.69) is 17.2 Å². The third kappa shape index (κ3) is 4.07. The Hall–Kier alpha value is -1.62. The second-order valence-electron chi connectivity index (χ2n) is 6.96. The zero-order valence-corrected chi connectivity index (χ0v) is 14.6. The van der Waals surface area contributed by atoms with Crippen molar-refractivity contribution in [1.29, 1.82) is 0 Å². The first-order valence-electron chi connectivity index (χ1n) is 9.19. The predicted octanol–water partition coefficient (Wildman–Crippen LogP) is 3.23. The third-order valence-electron chi connectivity index (χ3n) is 5.43. The molecule has 0 atom stereocenters. The summed E-state index contributed by atoms with van der Waals surface area (Å²) in [6.45, 7) is 4.16. The molecule has 5 heteroatoms. The van der Waals surface area contributed by atoms with Gasteiger partial charge in [-0.15, -0.1) is 0 Å². The smallest absolute Gasteiger partial charge is 0.226 e. The van der Waals surface area contributed by atoms with Gasteiger partial charge in [-0.1, -0.05) is 19.8 Å². The van der Waals surface area contributed by atoms with Crippen LogP contribution >= 0.6 is 0 Å². The second-order valence-corrected chi connectivity index (χ2v) is 6.96. The van der Waals surface area contributed by atoms with Crippen molar-refractivity contribution in [3.63, 3.8) is 0 Å². The maximum absolute atomic E-state index is 12.6. The average Bonchev–Trinajstić information content (AvgIpc) is 3.11. The molecular formula is C19H28N2O3. The molecule has 0 bridgehead atoms. The van der Waals surface area contributed by atoms with Crippen molar-refractivity contribution in [2.75, 3.05) is 13.2 Å². The molecule has 1 aromatic rings. The van der Waals surface area contributed by atoms with Crippen LogP contribution in [-0.2, 0) is 16.1 Å². The molecule has 1 aliphatic carbocycles. The number of carbonyl (C=O) groups excluding carboxylic acids is 1. The zero-order chi connectivity index (χ0) is 16.8. The fourth-order valence-electron chi connectivity index (χ4n) is 3.75. The van der Waals surface area contributed by atoms with Gasteiger partial charge in [-0.25, -0.2) is 4.98 Å². The van der Waals surface area contributed by atoms with Crippen LogP contribution in [0.4, 0.5) is 0 Å². The molecule has 0 aromatic carbocycles. The van der Waals surface area contributed by atoms with Gasteiger partial charge in [-0.2, -0.15) is 0 Å². The number of nitrogens with one attached hydrogen (secondary N) is 1. The molecule has 1 amide bonds. The van der Waals surface area contributed by atoms with E-state index < -0.39 is 0 Å². The molecule has 1 aliphatic heterocycles. The lowest BCUT2D eigenvalue weighted by Gasteiger charge is -2.26. The normalized spacial score (nSPS) is 20.7. The fraction of sp³-hybridized carbons (Fsp3) is 0.684. The number of aromatic nitrogens is 1. The van der Waals surface area contributed by atoms with Crippen LogP contribution in [0.3, 0.4) is 0 Å². The molecule has 0 radical (unpaired) electrons. The van der Waals surface area contributed by atoms with Gasteiger partial charge < -0.3 is 14.8 Å². The van der Waals surface area contributed by atoms with Crippen molar-refractivity contribution in [3.05, 3.63) is 23.9 Å². The first-order valence-corrected chi connectivity index (χ1v) is 9.19. The minimum Gasteiger partial charge on any atom is -0.474 e. The van der Waals surface area contributed by atoms with Crippen LogP contribution in [0.5, 0.6) is 5.88 Å². The summed E-state index contributed by atoms with van der Waals surface area (Å²) in [7, 11) is 0. The average molecular weight is 332 g/mol. The quantitative estimate of drug-likeness (QED) is 0.869. The van der Waals surface area contributed by atoms with E-state index in [1.54, 1.807) is 6.20 Å². The number of hydrogen-bond donors (Lipinski definition) is 1. The Labute approximate surface area is 144 Å². The highest BCUT2D eigenvalue weighted by Gasteiger charge is 2.38. The first kappa shape index (κ1) is 17.2. The van der Waals surface area contributed by atoms with E-state index in [1.165, 1.54) is 12.8 Å². The van der Waals surface area contributed by atoms with Crippen LogP contribution in [0.1, 0.15) is 57.4 Å². The number of hydrogen-bond acceptors (Lipinski definition) is 4. The minimum absolute atomic E-state index is 0.144. The maximum atomic E-state index is 12.6. The highest BCUT2D eigenvalue weighted by molar-refractivity contribution is 5.82. The summed E-state index contributed by atoms with van der Waals surface area (Å²) < 4.78 is 11.3. The van der Waals surface area contributed by atoms with E-state index in [-0.39, 0.29) is 17.4 Å². The summed E-state index contributed by atoms with van der Waals surface area (Å²) >= 11 is 0. The molecular weight excluding hydrogens is 304 g/mol. The number of rotatable bonds is 6. The molecule has 1 saturated carbocycles. The summed E-state index contributed by atoms with van der Waals surface area (Å²) in [4.78, 5) is 16.9. The van der Waals surface area contributed by atoms with Crippen LogP contribution in [0.2, 0.25) is 0 Å². The Morgan fingerprint density at radius 1 is 1.38 bits per heavy atom. The molecule has 2 heterocycles. The second kappa shape index (κ2) is 7.97. The lowest BCUT2D eigenvalue weighted by molar-refractivity contribution is -0.131. The molecule has 0 unspecified atom stereocenters. The van der Waals surface area contributed by atoms with Crippen LogP contribution in [0.15, 0.2) is 18.3 Å². The highest BCUT2D eigenvalue weighted by atomic mass is 16.5. The Morgan fingerprint density at radius 3 is 2.83 bits per heavy atom. The Morgan fingerprint density at radius 2 is 2.12 bits per heavy atom. The van der Waals surface area contributed by atoms with Crippen molar-refractivity contribution < 1.29 is 14.3 Å². The first-order chi connectivity index (χ1) is 11.7. The van der Waals surface area contributed by atoms with Crippen molar-refractivity contribution in [3.8, 4) is 5.88 Å². The molecule has 3 rings (SSSR count). The fourth-order valence-corrected chi connectivity index (χ4v) is 3.75.